The molecule has 2 N–H and O–H groups in total. The number of phenols is 1. The molecule has 0 unspecified atom stereocenters. The summed E-state index contributed by atoms with van der Waals surface area (Å²) in [6.07, 6.45) is 3.50. The van der Waals surface area contributed by atoms with Gasteiger partial charge in [-0.25, -0.2) is 0 Å². The zero-order valence-electron chi connectivity index (χ0n) is 11.9. The van der Waals surface area contributed by atoms with E-state index in [9.17, 15) is 5.11 Å². The van der Waals surface area contributed by atoms with E-state index in [0.717, 1.165) is 24.3 Å². The van der Waals surface area contributed by atoms with Gasteiger partial charge in [0.05, 0.1) is 0 Å². The maximum atomic E-state index is 9.99. The minimum absolute atomic E-state index is 0. The highest BCUT2D eigenvalue weighted by Gasteiger charge is 2.20. The molecule has 0 radical (unpaired) electrons. The lowest BCUT2D eigenvalue weighted by Gasteiger charge is -2.26. The van der Waals surface area contributed by atoms with E-state index in [0.29, 0.717) is 5.75 Å². The van der Waals surface area contributed by atoms with Crippen molar-refractivity contribution in [2.75, 3.05) is 6.54 Å². The van der Waals surface area contributed by atoms with E-state index in [1.165, 1.54) is 12.8 Å². The largest absolute Gasteiger partial charge is 0.508 e. The van der Waals surface area contributed by atoms with Gasteiger partial charge >= 0.3 is 0 Å². The molecule has 1 fully saturated rings. The van der Waals surface area contributed by atoms with E-state index >= 15 is 0 Å². The van der Waals surface area contributed by atoms with Crippen molar-refractivity contribution < 1.29 is 9.84 Å². The SMILES string of the molecule is CC(C)(C)Oc1ccc(O)c([C@@H]2CCCCN2)c1.Cl. The van der Waals surface area contributed by atoms with Crippen LogP contribution in [0, 0.1) is 0 Å². The van der Waals surface area contributed by atoms with E-state index in [1.54, 1.807) is 6.07 Å². The maximum Gasteiger partial charge on any atom is 0.120 e. The number of aromatic hydroxyl groups is 1. The molecule has 1 heterocycles. The zero-order valence-corrected chi connectivity index (χ0v) is 12.7. The normalized spacial score (nSPS) is 19.6. The smallest absolute Gasteiger partial charge is 0.120 e. The fourth-order valence-corrected chi connectivity index (χ4v) is 2.35. The first-order valence-corrected chi connectivity index (χ1v) is 6.71. The van der Waals surface area contributed by atoms with Gasteiger partial charge in [-0.05, 0) is 58.4 Å². The molecule has 0 bridgehead atoms. The number of phenolic OH excluding ortho intramolecular Hbond substituents is 1. The van der Waals surface area contributed by atoms with Gasteiger partial charge in [-0.2, -0.15) is 0 Å². The predicted octanol–water partition coefficient (Wildman–Crippen LogP) is 3.81. The van der Waals surface area contributed by atoms with E-state index in [4.69, 9.17) is 4.74 Å². The van der Waals surface area contributed by atoms with Gasteiger partial charge in [-0.15, -0.1) is 12.4 Å². The standard InChI is InChI=1S/C15H23NO2.ClH/c1-15(2,3)18-11-7-8-14(17)12(10-11)13-6-4-5-9-16-13;/h7-8,10,13,16-17H,4-6,9H2,1-3H3;1H/t13-;/m0./s1. The number of rotatable bonds is 2. The molecule has 0 amide bonds. The van der Waals surface area contributed by atoms with E-state index in [1.807, 2.05) is 32.9 Å². The fraction of sp³-hybridized carbons (Fsp3) is 0.600. The van der Waals surface area contributed by atoms with Gasteiger partial charge in [0.25, 0.3) is 0 Å². The van der Waals surface area contributed by atoms with Crippen LogP contribution < -0.4 is 10.1 Å². The molecule has 1 atom stereocenters. The summed E-state index contributed by atoms with van der Waals surface area (Å²) in [6, 6.07) is 5.77. The number of hydrogen-bond acceptors (Lipinski definition) is 3. The highest BCUT2D eigenvalue weighted by molar-refractivity contribution is 5.85. The Balaban J connectivity index is 0.00000180. The van der Waals surface area contributed by atoms with Crippen LogP contribution in [0.3, 0.4) is 0 Å². The number of ether oxygens (including phenoxy) is 1. The van der Waals surface area contributed by atoms with Gasteiger partial charge in [0.15, 0.2) is 0 Å². The second-order valence-corrected chi connectivity index (χ2v) is 5.94. The van der Waals surface area contributed by atoms with Gasteiger partial charge in [-0.1, -0.05) is 6.42 Å². The third kappa shape index (κ3) is 4.59. The van der Waals surface area contributed by atoms with Gasteiger partial charge in [0, 0.05) is 11.6 Å². The summed E-state index contributed by atoms with van der Waals surface area (Å²) in [7, 11) is 0. The van der Waals surface area contributed by atoms with Crippen molar-refractivity contribution in [1.29, 1.82) is 0 Å². The minimum atomic E-state index is -0.214. The quantitative estimate of drug-likeness (QED) is 0.868. The highest BCUT2D eigenvalue weighted by atomic mass is 35.5. The summed E-state index contributed by atoms with van der Waals surface area (Å²) >= 11 is 0. The summed E-state index contributed by atoms with van der Waals surface area (Å²) < 4.78 is 5.85. The van der Waals surface area contributed by atoms with Gasteiger partial charge in [0.2, 0.25) is 0 Å². The van der Waals surface area contributed by atoms with Crippen molar-refractivity contribution in [2.45, 2.75) is 51.7 Å². The van der Waals surface area contributed by atoms with Crippen molar-refractivity contribution >= 4 is 12.4 Å². The second kappa shape index (κ2) is 6.49. The van der Waals surface area contributed by atoms with Gasteiger partial charge < -0.3 is 15.2 Å². The molecule has 0 aromatic heterocycles. The minimum Gasteiger partial charge on any atom is -0.508 e. The molecule has 3 nitrogen and oxygen atoms in total. The molecule has 1 saturated heterocycles. The third-order valence-electron chi connectivity index (χ3n) is 3.11. The van der Waals surface area contributed by atoms with Crippen molar-refractivity contribution in [3.63, 3.8) is 0 Å². The lowest BCUT2D eigenvalue weighted by Crippen LogP contribution is -2.27. The molecule has 1 aliphatic rings. The van der Waals surface area contributed by atoms with Crippen molar-refractivity contribution in [3.8, 4) is 11.5 Å². The molecule has 19 heavy (non-hydrogen) atoms. The zero-order chi connectivity index (χ0) is 13.2. The van der Waals surface area contributed by atoms with Crippen LogP contribution in [0.1, 0.15) is 51.6 Å². The molecule has 108 valence electrons. The maximum absolute atomic E-state index is 9.99. The second-order valence-electron chi connectivity index (χ2n) is 5.94. The monoisotopic (exact) mass is 285 g/mol. The molecule has 0 aliphatic carbocycles. The Morgan fingerprint density at radius 3 is 2.58 bits per heavy atom. The van der Waals surface area contributed by atoms with E-state index in [2.05, 4.69) is 5.32 Å². The molecular formula is C15H24ClNO2. The Hall–Kier alpha value is -0.930. The first-order valence-electron chi connectivity index (χ1n) is 6.71. The van der Waals surface area contributed by atoms with Crippen LogP contribution in [0.4, 0.5) is 0 Å². The third-order valence-corrected chi connectivity index (χ3v) is 3.11. The van der Waals surface area contributed by atoms with Crippen molar-refractivity contribution in [3.05, 3.63) is 23.8 Å². The molecule has 1 aromatic rings. The van der Waals surface area contributed by atoms with Gasteiger partial charge in [-0.3, -0.25) is 0 Å². The Morgan fingerprint density at radius 2 is 2.00 bits per heavy atom. The Kier molecular flexibility index (Phi) is 5.50. The molecule has 4 heteroatoms. The molecule has 1 aromatic carbocycles. The lowest BCUT2D eigenvalue weighted by molar-refractivity contribution is 0.130. The molecular weight excluding hydrogens is 262 g/mol. The van der Waals surface area contributed by atoms with Crippen LogP contribution in [-0.2, 0) is 0 Å². The van der Waals surface area contributed by atoms with Crippen LogP contribution in [-0.4, -0.2) is 17.3 Å². The predicted molar refractivity (Wildman–Crippen MR) is 80.3 cm³/mol. The van der Waals surface area contributed by atoms with Gasteiger partial charge in [0.1, 0.15) is 17.1 Å². The Labute approximate surface area is 121 Å². The van der Waals surface area contributed by atoms with Crippen LogP contribution in [0.25, 0.3) is 0 Å². The summed E-state index contributed by atoms with van der Waals surface area (Å²) in [5.74, 6) is 1.18. The number of hydrogen-bond donors (Lipinski definition) is 2. The van der Waals surface area contributed by atoms with Crippen LogP contribution in [0.2, 0.25) is 0 Å². The Morgan fingerprint density at radius 1 is 1.26 bits per heavy atom. The highest BCUT2D eigenvalue weighted by Crippen LogP contribution is 2.33. The average Bonchev–Trinajstić information content (AvgIpc) is 2.31. The molecule has 0 saturated carbocycles. The number of nitrogens with one attached hydrogen (secondary N) is 1. The number of halogens is 1. The summed E-state index contributed by atoms with van der Waals surface area (Å²) in [6.45, 7) is 7.10. The van der Waals surface area contributed by atoms with Crippen LogP contribution in [0.15, 0.2) is 18.2 Å². The Bertz CT molecular complexity index is 409. The first kappa shape index (κ1) is 16.1. The summed E-state index contributed by atoms with van der Waals surface area (Å²) in [5.41, 5.74) is 0.741. The topological polar surface area (TPSA) is 41.5 Å². The summed E-state index contributed by atoms with van der Waals surface area (Å²) in [5, 5.41) is 13.4. The average molecular weight is 286 g/mol. The van der Waals surface area contributed by atoms with Crippen LogP contribution >= 0.6 is 12.4 Å². The number of benzene rings is 1. The molecule has 2 rings (SSSR count). The van der Waals surface area contributed by atoms with Crippen molar-refractivity contribution in [1.82, 2.24) is 5.32 Å². The molecule has 0 spiro atoms. The molecule has 1 aliphatic heterocycles. The number of piperidine rings is 1. The van der Waals surface area contributed by atoms with E-state index in [-0.39, 0.29) is 24.0 Å². The summed E-state index contributed by atoms with van der Waals surface area (Å²) in [4.78, 5) is 0. The van der Waals surface area contributed by atoms with E-state index < -0.39 is 0 Å². The first-order chi connectivity index (χ1) is 8.46. The van der Waals surface area contributed by atoms with Crippen molar-refractivity contribution in [2.24, 2.45) is 0 Å². The fourth-order valence-electron chi connectivity index (χ4n) is 2.35. The van der Waals surface area contributed by atoms with Crippen LogP contribution in [0.5, 0.6) is 11.5 Å². The lowest BCUT2D eigenvalue weighted by atomic mass is 9.96.